The van der Waals surface area contributed by atoms with Crippen molar-refractivity contribution in [3.05, 3.63) is 15.8 Å². The molecule has 8 heteroatoms. The zero-order valence-electron chi connectivity index (χ0n) is 16.0. The number of hydrogen-bond donors (Lipinski definition) is 0. The lowest BCUT2D eigenvalue weighted by Gasteiger charge is -2.37. The summed E-state index contributed by atoms with van der Waals surface area (Å²) in [4.78, 5) is 28.0. The molecule has 3 rings (SSSR count). The molecule has 1 amide bonds. The Bertz CT molecular complexity index is 671. The number of amides is 1. The van der Waals surface area contributed by atoms with E-state index in [1.54, 1.807) is 11.7 Å². The summed E-state index contributed by atoms with van der Waals surface area (Å²) >= 11 is 0. The van der Waals surface area contributed by atoms with Gasteiger partial charge in [0.25, 0.3) is 0 Å². The van der Waals surface area contributed by atoms with Gasteiger partial charge < -0.3 is 9.80 Å². The standard InChI is InChI=1S/C18H29N5O3/c1-4-15-16(23(25)26)17(20(3)19-15)21-11-7-14(8-12-21)18(24)22-9-5-13(2)6-10-22/h13-14H,4-12H2,1-3H3. The van der Waals surface area contributed by atoms with E-state index in [-0.39, 0.29) is 22.4 Å². The Hall–Kier alpha value is -2.12. The molecule has 2 aliphatic heterocycles. The largest absolute Gasteiger partial charge is 0.351 e. The molecule has 3 heterocycles. The summed E-state index contributed by atoms with van der Waals surface area (Å²) in [6, 6.07) is 0. The average molecular weight is 363 g/mol. The summed E-state index contributed by atoms with van der Waals surface area (Å²) in [5.41, 5.74) is 0.637. The molecule has 2 aliphatic rings. The van der Waals surface area contributed by atoms with Crippen molar-refractivity contribution in [2.75, 3.05) is 31.1 Å². The van der Waals surface area contributed by atoms with Crippen LogP contribution in [0.15, 0.2) is 0 Å². The first-order valence-electron chi connectivity index (χ1n) is 9.66. The van der Waals surface area contributed by atoms with Crippen LogP contribution in [0.1, 0.15) is 45.2 Å². The molecule has 1 aromatic heterocycles. The van der Waals surface area contributed by atoms with E-state index in [2.05, 4.69) is 12.0 Å². The van der Waals surface area contributed by atoms with Crippen LogP contribution in [0.2, 0.25) is 0 Å². The molecule has 26 heavy (non-hydrogen) atoms. The third-order valence-corrected chi connectivity index (χ3v) is 5.82. The SMILES string of the molecule is CCc1nn(C)c(N2CCC(C(=O)N3CCC(C)CC3)CC2)c1[N+](=O)[O-]. The quantitative estimate of drug-likeness (QED) is 0.606. The van der Waals surface area contributed by atoms with Gasteiger partial charge in [-0.3, -0.25) is 14.9 Å². The molecule has 0 unspecified atom stereocenters. The Labute approximate surface area is 154 Å². The van der Waals surface area contributed by atoms with Crippen LogP contribution in [0.4, 0.5) is 11.5 Å². The molecule has 2 saturated heterocycles. The predicted octanol–water partition coefficient (Wildman–Crippen LogP) is 2.37. The summed E-state index contributed by atoms with van der Waals surface area (Å²) < 4.78 is 1.62. The lowest BCUT2D eigenvalue weighted by molar-refractivity contribution is -0.384. The van der Waals surface area contributed by atoms with Crippen molar-refractivity contribution in [1.82, 2.24) is 14.7 Å². The number of aryl methyl sites for hydroxylation is 2. The molecule has 0 aliphatic carbocycles. The average Bonchev–Trinajstić information content (AvgIpc) is 2.98. The number of carbonyl (C=O) groups excluding carboxylic acids is 1. The lowest BCUT2D eigenvalue weighted by Crippen LogP contribution is -2.45. The van der Waals surface area contributed by atoms with Gasteiger partial charge in [-0.05, 0) is 38.0 Å². The topological polar surface area (TPSA) is 84.5 Å². The second-order valence-electron chi connectivity index (χ2n) is 7.62. The van der Waals surface area contributed by atoms with Crippen molar-refractivity contribution in [3.8, 4) is 0 Å². The molecule has 144 valence electrons. The minimum atomic E-state index is -0.326. The highest BCUT2D eigenvalue weighted by atomic mass is 16.6. The number of hydrogen-bond acceptors (Lipinski definition) is 5. The van der Waals surface area contributed by atoms with Crippen LogP contribution in [0.3, 0.4) is 0 Å². The van der Waals surface area contributed by atoms with Crippen molar-refractivity contribution in [2.24, 2.45) is 18.9 Å². The van der Waals surface area contributed by atoms with Crippen LogP contribution < -0.4 is 4.90 Å². The molecule has 1 aromatic rings. The van der Waals surface area contributed by atoms with Gasteiger partial charge in [0.1, 0.15) is 5.69 Å². The fourth-order valence-electron chi connectivity index (χ4n) is 4.16. The maximum absolute atomic E-state index is 12.8. The maximum atomic E-state index is 12.8. The van der Waals surface area contributed by atoms with E-state index in [9.17, 15) is 14.9 Å². The first-order valence-corrected chi connectivity index (χ1v) is 9.66. The number of anilines is 1. The fourth-order valence-corrected chi connectivity index (χ4v) is 4.16. The molecule has 0 spiro atoms. The van der Waals surface area contributed by atoms with Gasteiger partial charge in [0.15, 0.2) is 0 Å². The summed E-state index contributed by atoms with van der Waals surface area (Å²) in [7, 11) is 1.76. The number of piperidine rings is 2. The number of nitrogens with zero attached hydrogens (tertiary/aromatic N) is 5. The minimum Gasteiger partial charge on any atom is -0.351 e. The minimum absolute atomic E-state index is 0.0394. The van der Waals surface area contributed by atoms with Crippen LogP contribution in [0.25, 0.3) is 0 Å². The first kappa shape index (κ1) is 18.7. The van der Waals surface area contributed by atoms with E-state index in [1.165, 1.54) is 0 Å². The highest BCUT2D eigenvalue weighted by molar-refractivity contribution is 5.79. The van der Waals surface area contributed by atoms with Crippen molar-refractivity contribution < 1.29 is 9.72 Å². The lowest BCUT2D eigenvalue weighted by atomic mass is 9.92. The first-order chi connectivity index (χ1) is 12.4. The Morgan fingerprint density at radius 2 is 1.81 bits per heavy atom. The van der Waals surface area contributed by atoms with E-state index in [0.29, 0.717) is 36.9 Å². The van der Waals surface area contributed by atoms with Crippen molar-refractivity contribution >= 4 is 17.4 Å². The Morgan fingerprint density at radius 3 is 2.35 bits per heavy atom. The molecule has 2 fully saturated rings. The number of rotatable bonds is 4. The van der Waals surface area contributed by atoms with Crippen molar-refractivity contribution in [2.45, 2.75) is 46.0 Å². The second-order valence-corrected chi connectivity index (χ2v) is 7.62. The molecule has 0 bridgehead atoms. The maximum Gasteiger partial charge on any atom is 0.334 e. The number of nitro groups is 1. The third-order valence-electron chi connectivity index (χ3n) is 5.82. The molecule has 0 atom stereocenters. The number of carbonyl (C=O) groups is 1. The second kappa shape index (κ2) is 7.63. The van der Waals surface area contributed by atoms with Crippen LogP contribution in [0.5, 0.6) is 0 Å². The van der Waals surface area contributed by atoms with Gasteiger partial charge in [0.2, 0.25) is 11.7 Å². The molecular formula is C18H29N5O3. The van der Waals surface area contributed by atoms with Crippen LogP contribution >= 0.6 is 0 Å². The van der Waals surface area contributed by atoms with Crippen LogP contribution in [-0.4, -0.2) is 51.7 Å². The van der Waals surface area contributed by atoms with Gasteiger partial charge in [-0.1, -0.05) is 13.8 Å². The zero-order valence-corrected chi connectivity index (χ0v) is 16.0. The highest BCUT2D eigenvalue weighted by Gasteiger charge is 2.35. The Kier molecular flexibility index (Phi) is 5.48. The van der Waals surface area contributed by atoms with Crippen molar-refractivity contribution in [3.63, 3.8) is 0 Å². The fraction of sp³-hybridized carbons (Fsp3) is 0.778. The molecular weight excluding hydrogens is 334 g/mol. The van der Waals surface area contributed by atoms with Gasteiger partial charge in [0.05, 0.1) is 4.92 Å². The molecule has 0 aromatic carbocycles. The molecule has 0 radical (unpaired) electrons. The van der Waals surface area contributed by atoms with E-state index < -0.39 is 0 Å². The highest BCUT2D eigenvalue weighted by Crippen LogP contribution is 2.34. The van der Waals surface area contributed by atoms with E-state index >= 15 is 0 Å². The summed E-state index contributed by atoms with van der Waals surface area (Å²) in [5.74, 6) is 1.59. The summed E-state index contributed by atoms with van der Waals surface area (Å²) in [6.45, 7) is 7.17. The number of aromatic nitrogens is 2. The van der Waals surface area contributed by atoms with E-state index in [0.717, 1.165) is 38.8 Å². The smallest absolute Gasteiger partial charge is 0.334 e. The van der Waals surface area contributed by atoms with Gasteiger partial charge in [-0.2, -0.15) is 5.10 Å². The van der Waals surface area contributed by atoms with Gasteiger partial charge in [-0.15, -0.1) is 0 Å². The molecule has 0 N–H and O–H groups in total. The monoisotopic (exact) mass is 363 g/mol. The normalized spacial score (nSPS) is 19.8. The van der Waals surface area contributed by atoms with E-state index in [4.69, 9.17) is 0 Å². The summed E-state index contributed by atoms with van der Waals surface area (Å²) in [5, 5.41) is 15.8. The predicted molar refractivity (Wildman–Crippen MR) is 99.2 cm³/mol. The van der Waals surface area contributed by atoms with Crippen LogP contribution in [-0.2, 0) is 18.3 Å². The molecule has 0 saturated carbocycles. The third kappa shape index (κ3) is 3.54. The number of likely N-dealkylation sites (tertiary alicyclic amines) is 1. The van der Waals surface area contributed by atoms with E-state index in [1.807, 2.05) is 16.7 Å². The van der Waals surface area contributed by atoms with Crippen LogP contribution in [0, 0.1) is 22.0 Å². The summed E-state index contributed by atoms with van der Waals surface area (Å²) in [6.07, 6.45) is 4.20. The zero-order chi connectivity index (χ0) is 18.8. The Morgan fingerprint density at radius 1 is 1.19 bits per heavy atom. The molecule has 8 nitrogen and oxygen atoms in total. The van der Waals surface area contributed by atoms with Crippen molar-refractivity contribution in [1.29, 1.82) is 0 Å². The van der Waals surface area contributed by atoms with Gasteiger partial charge in [-0.25, -0.2) is 4.68 Å². The van der Waals surface area contributed by atoms with Gasteiger partial charge >= 0.3 is 5.69 Å². The Balaban J connectivity index is 1.66. The van der Waals surface area contributed by atoms with Gasteiger partial charge in [0, 0.05) is 39.1 Å².